The molecule has 0 N–H and O–H groups in total. The molecule has 0 amide bonds. The SMILES string of the molecule is O=C(COC(=O)c1cc2c3c(c1)[C@@H]1C=CC[C@@H]1CN3C[C@H]1CC=C[C@@H]21)c1ccc(-c2ccccc2)cc1. The Morgan fingerprint density at radius 3 is 1.97 bits per heavy atom. The summed E-state index contributed by atoms with van der Waals surface area (Å²) in [6.07, 6.45) is 11.4. The fraction of sp³-hybridized carbons (Fsp3) is 0.273. The van der Waals surface area contributed by atoms with Gasteiger partial charge in [-0.15, -0.1) is 0 Å². The summed E-state index contributed by atoms with van der Waals surface area (Å²) in [6, 6.07) is 21.6. The number of nitrogens with zero attached hydrogens (tertiary/aromatic N) is 1. The van der Waals surface area contributed by atoms with Crippen molar-refractivity contribution in [1.82, 2.24) is 0 Å². The predicted molar refractivity (Wildman–Crippen MR) is 145 cm³/mol. The summed E-state index contributed by atoms with van der Waals surface area (Å²) in [5.74, 6) is 1.22. The topological polar surface area (TPSA) is 46.6 Å². The molecular weight excluding hydrogens is 458 g/mol. The number of carbonyl (C=O) groups excluding carboxylic acids is 2. The number of Topliss-reactive ketones (excluding diaryl/α,β-unsaturated/α-hetero) is 1. The summed E-state index contributed by atoms with van der Waals surface area (Å²) < 4.78 is 5.58. The van der Waals surface area contributed by atoms with Crippen molar-refractivity contribution in [1.29, 1.82) is 0 Å². The van der Waals surface area contributed by atoms with Crippen LogP contribution in [0.1, 0.15) is 56.5 Å². The van der Waals surface area contributed by atoms with Gasteiger partial charge in [0.2, 0.25) is 0 Å². The Hall–Kier alpha value is -3.92. The van der Waals surface area contributed by atoms with Crippen LogP contribution in [0.5, 0.6) is 0 Å². The minimum atomic E-state index is -0.423. The van der Waals surface area contributed by atoms with E-state index in [1.807, 2.05) is 54.6 Å². The van der Waals surface area contributed by atoms with Gasteiger partial charge in [-0.25, -0.2) is 4.79 Å². The molecule has 3 aromatic carbocycles. The number of hydrogen-bond acceptors (Lipinski definition) is 4. The highest BCUT2D eigenvalue weighted by atomic mass is 16.5. The van der Waals surface area contributed by atoms with Gasteiger partial charge in [-0.1, -0.05) is 78.9 Å². The number of esters is 1. The molecule has 0 bridgehead atoms. The lowest BCUT2D eigenvalue weighted by Crippen LogP contribution is -2.43. The van der Waals surface area contributed by atoms with Crippen molar-refractivity contribution in [2.45, 2.75) is 24.7 Å². The second-order valence-electron chi connectivity index (χ2n) is 10.8. The summed E-state index contributed by atoms with van der Waals surface area (Å²) in [5.41, 5.74) is 7.06. The average molecular weight is 488 g/mol. The summed E-state index contributed by atoms with van der Waals surface area (Å²) in [4.78, 5) is 28.6. The van der Waals surface area contributed by atoms with Crippen LogP contribution in [0.4, 0.5) is 5.69 Å². The van der Waals surface area contributed by atoms with Crippen molar-refractivity contribution in [3.05, 3.63) is 113 Å². The van der Waals surface area contributed by atoms with E-state index in [1.54, 1.807) is 12.1 Å². The third kappa shape index (κ3) is 3.83. The number of ether oxygens (including phenoxy) is 1. The number of ketones is 1. The molecule has 4 nitrogen and oxygen atoms in total. The van der Waals surface area contributed by atoms with Crippen LogP contribution in [-0.2, 0) is 4.74 Å². The van der Waals surface area contributed by atoms with Crippen LogP contribution in [0, 0.1) is 11.8 Å². The Labute approximate surface area is 217 Å². The molecule has 4 atom stereocenters. The van der Waals surface area contributed by atoms with E-state index in [9.17, 15) is 9.59 Å². The fourth-order valence-electron chi connectivity index (χ4n) is 6.77. The van der Waals surface area contributed by atoms with Gasteiger partial charge >= 0.3 is 5.97 Å². The highest BCUT2D eigenvalue weighted by molar-refractivity contribution is 6.00. The lowest BCUT2D eigenvalue weighted by molar-refractivity contribution is 0.0474. The van der Waals surface area contributed by atoms with E-state index >= 15 is 0 Å². The zero-order valence-electron chi connectivity index (χ0n) is 20.7. The van der Waals surface area contributed by atoms with E-state index in [2.05, 4.69) is 29.2 Å². The van der Waals surface area contributed by atoms with Crippen LogP contribution in [0.3, 0.4) is 0 Å². The zero-order valence-corrected chi connectivity index (χ0v) is 20.7. The number of hydrogen-bond donors (Lipinski definition) is 0. The first kappa shape index (κ1) is 22.3. The van der Waals surface area contributed by atoms with Gasteiger partial charge in [0.1, 0.15) is 0 Å². The van der Waals surface area contributed by atoms with Gasteiger partial charge in [0, 0.05) is 36.2 Å². The molecule has 0 radical (unpaired) electrons. The Bertz CT molecular complexity index is 1390. The molecule has 2 aliphatic heterocycles. The van der Waals surface area contributed by atoms with Crippen LogP contribution in [0.25, 0.3) is 11.1 Å². The normalized spacial score (nSPS) is 24.4. The second-order valence-corrected chi connectivity index (χ2v) is 10.8. The standard InChI is InChI=1S/C33H29NO3/c35-31(23-14-12-22(13-15-23)21-6-2-1-3-7-21)20-37-33(36)26-16-29-27-10-4-8-24(27)18-34-19-25-9-5-11-28(25)30(17-26)32(29)34/h1-7,10-17,24-25,27-28H,8-9,18-20H2/t24-,25-,27-,28-/m1/s1. The third-order valence-electron chi connectivity index (χ3n) is 8.58. The van der Waals surface area contributed by atoms with E-state index in [4.69, 9.17) is 4.74 Å². The molecule has 0 unspecified atom stereocenters. The monoisotopic (exact) mass is 487 g/mol. The smallest absolute Gasteiger partial charge is 0.338 e. The molecule has 37 heavy (non-hydrogen) atoms. The van der Waals surface area contributed by atoms with Crippen LogP contribution in [0.15, 0.2) is 91.0 Å². The molecule has 0 spiro atoms. The van der Waals surface area contributed by atoms with Gasteiger partial charge in [-0.2, -0.15) is 0 Å². The quantitative estimate of drug-likeness (QED) is 0.233. The van der Waals surface area contributed by atoms with Crippen LogP contribution >= 0.6 is 0 Å². The minimum Gasteiger partial charge on any atom is -0.454 e. The van der Waals surface area contributed by atoms with Gasteiger partial charge in [-0.3, -0.25) is 4.79 Å². The van der Waals surface area contributed by atoms with Gasteiger partial charge in [0.25, 0.3) is 0 Å². The van der Waals surface area contributed by atoms with E-state index < -0.39 is 5.97 Å². The first-order valence-corrected chi connectivity index (χ1v) is 13.3. The minimum absolute atomic E-state index is 0.198. The summed E-state index contributed by atoms with van der Waals surface area (Å²) >= 11 is 0. The highest BCUT2D eigenvalue weighted by Gasteiger charge is 2.42. The number of allylic oxidation sites excluding steroid dienone is 4. The molecule has 0 fully saturated rings. The van der Waals surface area contributed by atoms with Gasteiger partial charge in [0.05, 0.1) is 5.56 Å². The summed E-state index contributed by atoms with van der Waals surface area (Å²) in [6.45, 7) is 1.91. The number of rotatable bonds is 5. The van der Waals surface area contributed by atoms with Crippen molar-refractivity contribution in [2.24, 2.45) is 11.8 Å². The molecular formula is C33H29NO3. The van der Waals surface area contributed by atoms with Crippen LogP contribution in [0.2, 0.25) is 0 Å². The average Bonchev–Trinajstić information content (AvgIpc) is 3.62. The van der Waals surface area contributed by atoms with Crippen molar-refractivity contribution in [3.63, 3.8) is 0 Å². The lowest BCUT2D eigenvalue weighted by atomic mass is 9.74. The maximum atomic E-state index is 13.2. The number of anilines is 1. The van der Waals surface area contributed by atoms with Crippen molar-refractivity contribution < 1.29 is 14.3 Å². The molecule has 4 heteroatoms. The predicted octanol–water partition coefficient (Wildman–Crippen LogP) is 6.55. The van der Waals surface area contributed by atoms with E-state index in [0.717, 1.165) is 37.1 Å². The number of carbonyl (C=O) groups is 2. The van der Waals surface area contributed by atoms with Gasteiger partial charge < -0.3 is 9.64 Å². The Morgan fingerprint density at radius 2 is 1.35 bits per heavy atom. The van der Waals surface area contributed by atoms with Crippen molar-refractivity contribution in [2.75, 3.05) is 24.6 Å². The molecule has 184 valence electrons. The van der Waals surface area contributed by atoms with Crippen LogP contribution in [-0.4, -0.2) is 31.4 Å². The van der Waals surface area contributed by atoms with E-state index in [0.29, 0.717) is 34.8 Å². The molecule has 7 rings (SSSR count). The number of benzene rings is 3. The highest BCUT2D eigenvalue weighted by Crippen LogP contribution is 2.53. The lowest BCUT2D eigenvalue weighted by Gasteiger charge is -2.46. The fourth-order valence-corrected chi connectivity index (χ4v) is 6.77. The second kappa shape index (κ2) is 8.88. The largest absolute Gasteiger partial charge is 0.454 e. The number of fused-ring (bicyclic) bond motifs is 4. The van der Waals surface area contributed by atoms with Crippen molar-refractivity contribution in [3.8, 4) is 11.1 Å². The first-order chi connectivity index (χ1) is 18.2. The molecule has 2 aliphatic carbocycles. The van der Waals surface area contributed by atoms with E-state index in [-0.39, 0.29) is 12.4 Å². The maximum absolute atomic E-state index is 13.2. The van der Waals surface area contributed by atoms with Crippen molar-refractivity contribution >= 4 is 17.4 Å². The maximum Gasteiger partial charge on any atom is 0.338 e. The molecule has 3 aromatic rings. The van der Waals surface area contributed by atoms with Gasteiger partial charge in [0.15, 0.2) is 12.4 Å². The molecule has 0 aromatic heterocycles. The Morgan fingerprint density at radius 1 is 0.757 bits per heavy atom. The van der Waals surface area contributed by atoms with Crippen LogP contribution < -0.4 is 4.90 Å². The third-order valence-corrected chi connectivity index (χ3v) is 8.58. The van der Waals surface area contributed by atoms with Gasteiger partial charge in [-0.05, 0) is 59.1 Å². The summed E-state index contributed by atoms with van der Waals surface area (Å²) in [5, 5.41) is 0. The summed E-state index contributed by atoms with van der Waals surface area (Å²) in [7, 11) is 0. The molecule has 2 heterocycles. The molecule has 0 saturated heterocycles. The Balaban J connectivity index is 1.12. The van der Waals surface area contributed by atoms with E-state index in [1.165, 1.54) is 16.8 Å². The zero-order chi connectivity index (χ0) is 24.9. The molecule has 4 aliphatic rings. The Kier molecular flexibility index (Phi) is 5.35. The first-order valence-electron chi connectivity index (χ1n) is 13.3. The molecule has 0 saturated carbocycles.